The van der Waals surface area contributed by atoms with Crippen molar-refractivity contribution in [3.05, 3.63) is 70.5 Å². The molecule has 134 valence electrons. The molecule has 1 unspecified atom stereocenters. The van der Waals surface area contributed by atoms with Crippen molar-refractivity contribution in [2.45, 2.75) is 45.6 Å². The van der Waals surface area contributed by atoms with Crippen LogP contribution in [0, 0.1) is 6.92 Å². The highest BCUT2D eigenvalue weighted by molar-refractivity contribution is 6.30. The molecular weight excluding hydrogens is 342 g/mol. The third-order valence-corrected chi connectivity index (χ3v) is 4.14. The van der Waals surface area contributed by atoms with E-state index in [2.05, 4.69) is 16.9 Å². The van der Waals surface area contributed by atoms with Crippen molar-refractivity contribution >= 4 is 17.3 Å². The van der Waals surface area contributed by atoms with Crippen LogP contribution in [-0.2, 0) is 6.42 Å². The minimum absolute atomic E-state index is 0.0616. The average molecular weight is 365 g/mol. The van der Waals surface area contributed by atoms with E-state index in [0.29, 0.717) is 11.4 Å². The summed E-state index contributed by atoms with van der Waals surface area (Å²) in [7, 11) is 0. The first kappa shape index (κ1) is 19.4. The van der Waals surface area contributed by atoms with Crippen molar-refractivity contribution in [2.75, 3.05) is 0 Å². The molecule has 1 aromatic carbocycles. The lowest BCUT2D eigenvalue weighted by Crippen LogP contribution is -2.18. The number of rotatable bonds is 7. The van der Waals surface area contributed by atoms with Crippen molar-refractivity contribution in [1.29, 1.82) is 0 Å². The molecule has 2 rings (SSSR count). The zero-order chi connectivity index (χ0) is 18.6. The molecule has 0 spiro atoms. The molecule has 0 aliphatic heterocycles. The lowest BCUT2D eigenvalue weighted by molar-refractivity contribution is 0.0133. The summed E-state index contributed by atoms with van der Waals surface area (Å²) in [5.74, 6) is -2.65. The van der Waals surface area contributed by atoms with E-state index in [-0.39, 0.29) is 12.5 Å². The SMILES string of the molecule is C=C(NC(C)c1ccc(CCC(C)(F)F)cn1)c1cc(C)cc(Cl)c1. The predicted molar refractivity (Wildman–Crippen MR) is 100.0 cm³/mol. The highest BCUT2D eigenvalue weighted by Crippen LogP contribution is 2.22. The fourth-order valence-electron chi connectivity index (χ4n) is 2.53. The first-order chi connectivity index (χ1) is 11.6. The van der Waals surface area contributed by atoms with Gasteiger partial charge in [-0.05, 0) is 68.1 Å². The molecule has 2 aromatic rings. The third kappa shape index (κ3) is 6.13. The van der Waals surface area contributed by atoms with Crippen molar-refractivity contribution < 1.29 is 8.78 Å². The molecule has 0 saturated heterocycles. The summed E-state index contributed by atoms with van der Waals surface area (Å²) in [6.07, 6.45) is 1.80. The molecule has 1 aromatic heterocycles. The second kappa shape index (κ2) is 7.96. The molecule has 0 saturated carbocycles. The second-order valence-electron chi connectivity index (χ2n) is 6.52. The van der Waals surface area contributed by atoms with Crippen molar-refractivity contribution in [1.82, 2.24) is 10.3 Å². The van der Waals surface area contributed by atoms with E-state index in [1.807, 2.05) is 44.2 Å². The van der Waals surface area contributed by atoms with Crippen LogP contribution in [0.25, 0.3) is 5.70 Å². The first-order valence-electron chi connectivity index (χ1n) is 8.20. The molecule has 5 heteroatoms. The van der Waals surface area contributed by atoms with Gasteiger partial charge in [0.1, 0.15) is 0 Å². The van der Waals surface area contributed by atoms with Crippen LogP contribution in [0.4, 0.5) is 8.78 Å². The molecule has 1 atom stereocenters. The Labute approximate surface area is 152 Å². The number of nitrogens with zero attached hydrogens (tertiary/aromatic N) is 1. The van der Waals surface area contributed by atoms with Crippen LogP contribution in [-0.4, -0.2) is 10.9 Å². The average Bonchev–Trinajstić information content (AvgIpc) is 2.51. The van der Waals surface area contributed by atoms with Crippen LogP contribution in [0.2, 0.25) is 5.02 Å². The number of hydrogen-bond acceptors (Lipinski definition) is 2. The lowest BCUT2D eigenvalue weighted by Gasteiger charge is -2.18. The predicted octanol–water partition coefficient (Wildman–Crippen LogP) is 5.95. The third-order valence-electron chi connectivity index (χ3n) is 3.93. The molecular formula is C20H23ClF2N2. The van der Waals surface area contributed by atoms with Gasteiger partial charge in [0.05, 0.1) is 11.7 Å². The summed E-state index contributed by atoms with van der Waals surface area (Å²) in [6.45, 7) is 8.96. The minimum Gasteiger partial charge on any atom is -0.377 e. The smallest absolute Gasteiger partial charge is 0.245 e. The molecule has 0 bridgehead atoms. The molecule has 0 fully saturated rings. The number of alkyl halides is 2. The standard InChI is InChI=1S/C20H23ClF2N2/c1-13-9-17(11-18(21)10-13)14(2)25-15(3)19-6-5-16(12-24-19)7-8-20(4,22)23/h5-6,9-12,15,25H,2,7-8H2,1,3-4H3. The van der Waals surface area contributed by atoms with Gasteiger partial charge in [0.15, 0.2) is 0 Å². The first-order valence-corrected chi connectivity index (χ1v) is 8.57. The van der Waals surface area contributed by atoms with E-state index in [0.717, 1.165) is 35.0 Å². The fourth-order valence-corrected chi connectivity index (χ4v) is 2.82. The molecule has 0 aliphatic carbocycles. The molecule has 2 nitrogen and oxygen atoms in total. The van der Waals surface area contributed by atoms with Crippen molar-refractivity contribution in [3.63, 3.8) is 0 Å². The molecule has 0 amide bonds. The van der Waals surface area contributed by atoms with Gasteiger partial charge in [0.2, 0.25) is 5.92 Å². The molecule has 1 heterocycles. The van der Waals surface area contributed by atoms with Gasteiger partial charge >= 0.3 is 0 Å². The van der Waals surface area contributed by atoms with Gasteiger partial charge in [-0.2, -0.15) is 0 Å². The normalized spacial score (nSPS) is 12.7. The molecule has 0 radical (unpaired) electrons. The van der Waals surface area contributed by atoms with Crippen LogP contribution in [0.5, 0.6) is 0 Å². The van der Waals surface area contributed by atoms with E-state index in [9.17, 15) is 8.78 Å². The van der Waals surface area contributed by atoms with E-state index in [1.54, 1.807) is 6.20 Å². The molecule has 25 heavy (non-hydrogen) atoms. The number of benzene rings is 1. The van der Waals surface area contributed by atoms with Crippen molar-refractivity contribution in [3.8, 4) is 0 Å². The van der Waals surface area contributed by atoms with Crippen LogP contribution in [0.3, 0.4) is 0 Å². The van der Waals surface area contributed by atoms with Gasteiger partial charge in [0.25, 0.3) is 0 Å². The Morgan fingerprint density at radius 2 is 2.04 bits per heavy atom. The highest BCUT2D eigenvalue weighted by Gasteiger charge is 2.20. The zero-order valence-electron chi connectivity index (χ0n) is 14.7. The fraction of sp³-hybridized carbons (Fsp3) is 0.350. The summed E-state index contributed by atoms with van der Waals surface area (Å²) in [6, 6.07) is 9.40. The number of aryl methyl sites for hydroxylation is 2. The van der Waals surface area contributed by atoms with Crippen LogP contribution in [0.15, 0.2) is 43.1 Å². The van der Waals surface area contributed by atoms with Crippen LogP contribution in [0.1, 0.15) is 48.7 Å². The van der Waals surface area contributed by atoms with E-state index >= 15 is 0 Å². The Kier molecular flexibility index (Phi) is 6.17. The Morgan fingerprint density at radius 3 is 2.60 bits per heavy atom. The number of pyridine rings is 1. The monoisotopic (exact) mass is 364 g/mol. The van der Waals surface area contributed by atoms with Crippen LogP contribution < -0.4 is 5.32 Å². The number of hydrogen-bond donors (Lipinski definition) is 1. The Morgan fingerprint density at radius 1 is 1.32 bits per heavy atom. The summed E-state index contributed by atoms with van der Waals surface area (Å²) in [5, 5.41) is 3.97. The largest absolute Gasteiger partial charge is 0.377 e. The van der Waals surface area contributed by atoms with Gasteiger partial charge in [0, 0.05) is 23.3 Å². The highest BCUT2D eigenvalue weighted by atomic mass is 35.5. The number of aromatic nitrogens is 1. The van der Waals surface area contributed by atoms with Gasteiger partial charge in [-0.3, -0.25) is 4.98 Å². The maximum absolute atomic E-state index is 12.9. The second-order valence-corrected chi connectivity index (χ2v) is 6.96. The summed E-state index contributed by atoms with van der Waals surface area (Å²) in [4.78, 5) is 4.39. The van der Waals surface area contributed by atoms with E-state index in [1.165, 1.54) is 0 Å². The topological polar surface area (TPSA) is 24.9 Å². The van der Waals surface area contributed by atoms with Gasteiger partial charge in [-0.15, -0.1) is 0 Å². The number of halogens is 3. The number of nitrogens with one attached hydrogen (secondary N) is 1. The zero-order valence-corrected chi connectivity index (χ0v) is 15.5. The van der Waals surface area contributed by atoms with Gasteiger partial charge in [-0.1, -0.05) is 24.2 Å². The molecule has 0 aliphatic rings. The van der Waals surface area contributed by atoms with Crippen LogP contribution >= 0.6 is 11.6 Å². The maximum Gasteiger partial charge on any atom is 0.245 e. The van der Waals surface area contributed by atoms with Gasteiger partial charge in [-0.25, -0.2) is 8.78 Å². The Hall–Kier alpha value is -1.94. The Balaban J connectivity index is 2.00. The lowest BCUT2D eigenvalue weighted by atomic mass is 10.1. The summed E-state index contributed by atoms with van der Waals surface area (Å²) >= 11 is 6.09. The Bertz CT molecular complexity index is 716. The quantitative estimate of drug-likeness (QED) is 0.656. The van der Waals surface area contributed by atoms with Gasteiger partial charge < -0.3 is 5.32 Å². The maximum atomic E-state index is 12.9. The minimum atomic E-state index is -2.65. The van der Waals surface area contributed by atoms with E-state index in [4.69, 9.17) is 11.6 Å². The van der Waals surface area contributed by atoms with Crippen molar-refractivity contribution in [2.24, 2.45) is 0 Å². The molecule has 1 N–H and O–H groups in total. The summed E-state index contributed by atoms with van der Waals surface area (Å²) in [5.41, 5.74) is 4.38. The van der Waals surface area contributed by atoms with E-state index < -0.39 is 5.92 Å². The summed E-state index contributed by atoms with van der Waals surface area (Å²) < 4.78 is 25.9.